The van der Waals surface area contributed by atoms with Crippen molar-refractivity contribution >= 4 is 5.91 Å². The normalized spacial score (nSPS) is 11.3. The number of carbonyl (C=O) groups is 1. The van der Waals surface area contributed by atoms with Crippen LogP contribution >= 0.6 is 0 Å². The maximum atomic E-state index is 12.9. The van der Waals surface area contributed by atoms with Crippen molar-refractivity contribution in [2.45, 2.75) is 6.18 Å². The summed E-state index contributed by atoms with van der Waals surface area (Å²) in [6, 6.07) is 7.94. The van der Waals surface area contributed by atoms with Crippen molar-refractivity contribution < 1.29 is 18.0 Å². The lowest BCUT2D eigenvalue weighted by atomic mass is 9.99. The zero-order valence-electron chi connectivity index (χ0n) is 11.5. The fraction of sp³-hybridized carbons (Fsp3) is 0.200. The predicted molar refractivity (Wildman–Crippen MR) is 72.7 cm³/mol. The Kier molecular flexibility index (Phi) is 3.97. The molecule has 21 heavy (non-hydrogen) atoms. The number of benzene rings is 1. The van der Waals surface area contributed by atoms with Crippen LogP contribution in [0.5, 0.6) is 0 Å². The number of amides is 1. The summed E-state index contributed by atoms with van der Waals surface area (Å²) in [5, 5.41) is 0. The predicted octanol–water partition coefficient (Wildman–Crippen LogP) is 3.47. The first-order valence-corrected chi connectivity index (χ1v) is 6.15. The lowest BCUT2D eigenvalue weighted by molar-refractivity contribution is -0.137. The van der Waals surface area contributed by atoms with E-state index >= 15 is 0 Å². The van der Waals surface area contributed by atoms with Crippen molar-refractivity contribution in [1.82, 2.24) is 9.88 Å². The van der Waals surface area contributed by atoms with Crippen LogP contribution in [-0.2, 0) is 6.18 Å². The molecule has 0 bridgehead atoms. The van der Waals surface area contributed by atoms with E-state index < -0.39 is 11.7 Å². The molecular formula is C15H13F3N2O. The third-order valence-corrected chi connectivity index (χ3v) is 2.92. The van der Waals surface area contributed by atoms with Gasteiger partial charge in [0, 0.05) is 31.4 Å². The largest absolute Gasteiger partial charge is 0.416 e. The lowest BCUT2D eigenvalue weighted by Crippen LogP contribution is -2.22. The van der Waals surface area contributed by atoms with Gasteiger partial charge in [0.05, 0.1) is 11.3 Å². The highest BCUT2D eigenvalue weighted by Crippen LogP contribution is 2.33. The van der Waals surface area contributed by atoms with Gasteiger partial charge in [0.25, 0.3) is 5.91 Å². The number of hydrogen-bond donors (Lipinski definition) is 0. The molecule has 0 aliphatic rings. The Bertz CT molecular complexity index is 652. The van der Waals surface area contributed by atoms with Crippen molar-refractivity contribution in [2.75, 3.05) is 14.1 Å². The van der Waals surface area contributed by atoms with Gasteiger partial charge in [-0.05, 0) is 30.3 Å². The van der Waals surface area contributed by atoms with Crippen LogP contribution in [0.3, 0.4) is 0 Å². The lowest BCUT2D eigenvalue weighted by Gasteiger charge is -2.16. The first-order chi connectivity index (χ1) is 9.80. The van der Waals surface area contributed by atoms with Crippen LogP contribution in [0.2, 0.25) is 0 Å². The molecule has 0 saturated carbocycles. The van der Waals surface area contributed by atoms with E-state index in [0.717, 1.165) is 12.1 Å². The maximum absolute atomic E-state index is 12.9. The molecule has 0 unspecified atom stereocenters. The van der Waals surface area contributed by atoms with E-state index in [0.29, 0.717) is 5.69 Å². The second-order valence-corrected chi connectivity index (χ2v) is 4.67. The molecule has 0 saturated heterocycles. The van der Waals surface area contributed by atoms with Gasteiger partial charge in [-0.15, -0.1) is 0 Å². The highest BCUT2D eigenvalue weighted by Gasteiger charge is 2.32. The Morgan fingerprint density at radius 1 is 1.14 bits per heavy atom. The van der Waals surface area contributed by atoms with Crippen LogP contribution < -0.4 is 0 Å². The number of halogens is 3. The number of carbonyl (C=O) groups excluding carboxylic acids is 1. The summed E-state index contributed by atoms with van der Waals surface area (Å²) in [7, 11) is 3.09. The zero-order valence-corrected chi connectivity index (χ0v) is 11.5. The molecule has 0 N–H and O–H groups in total. The van der Waals surface area contributed by atoms with Gasteiger partial charge in [-0.25, -0.2) is 0 Å². The molecule has 0 spiro atoms. The van der Waals surface area contributed by atoms with E-state index in [1.54, 1.807) is 32.3 Å². The number of aromatic nitrogens is 1. The molecule has 1 aromatic heterocycles. The van der Waals surface area contributed by atoms with E-state index in [1.165, 1.54) is 17.2 Å². The van der Waals surface area contributed by atoms with E-state index in [9.17, 15) is 18.0 Å². The number of rotatable bonds is 2. The molecule has 0 atom stereocenters. The third-order valence-electron chi connectivity index (χ3n) is 2.92. The molecule has 0 aliphatic carbocycles. The summed E-state index contributed by atoms with van der Waals surface area (Å²) >= 11 is 0. The number of alkyl halides is 3. The molecular weight excluding hydrogens is 281 g/mol. The van der Waals surface area contributed by atoms with Crippen LogP contribution in [-0.4, -0.2) is 29.9 Å². The Morgan fingerprint density at radius 3 is 2.38 bits per heavy atom. The Morgan fingerprint density at radius 2 is 1.86 bits per heavy atom. The number of nitrogens with zero attached hydrogens (tertiary/aromatic N) is 2. The molecule has 1 amide bonds. The SMILES string of the molecule is CN(C)C(=O)c1ccc(C(F)(F)F)cc1-c1ccccn1. The van der Waals surface area contributed by atoms with E-state index in [2.05, 4.69) is 4.98 Å². The molecule has 0 radical (unpaired) electrons. The quantitative estimate of drug-likeness (QED) is 0.849. The fourth-order valence-corrected chi connectivity index (χ4v) is 1.88. The monoisotopic (exact) mass is 294 g/mol. The Balaban J connectivity index is 2.64. The van der Waals surface area contributed by atoms with Gasteiger partial charge in [0.15, 0.2) is 0 Å². The van der Waals surface area contributed by atoms with Crippen LogP contribution in [0.1, 0.15) is 15.9 Å². The van der Waals surface area contributed by atoms with Gasteiger partial charge in [-0.3, -0.25) is 9.78 Å². The molecule has 3 nitrogen and oxygen atoms in total. The van der Waals surface area contributed by atoms with E-state index in [1.807, 2.05) is 0 Å². The van der Waals surface area contributed by atoms with Gasteiger partial charge in [0.1, 0.15) is 0 Å². The van der Waals surface area contributed by atoms with Gasteiger partial charge in [-0.1, -0.05) is 6.07 Å². The summed E-state index contributed by atoms with van der Waals surface area (Å²) in [4.78, 5) is 17.5. The number of hydrogen-bond acceptors (Lipinski definition) is 2. The average molecular weight is 294 g/mol. The topological polar surface area (TPSA) is 33.2 Å². The van der Waals surface area contributed by atoms with Gasteiger partial charge < -0.3 is 4.90 Å². The number of pyridine rings is 1. The molecule has 110 valence electrons. The second kappa shape index (κ2) is 5.55. The summed E-state index contributed by atoms with van der Waals surface area (Å²) in [6.45, 7) is 0. The average Bonchev–Trinajstić information content (AvgIpc) is 2.45. The fourth-order valence-electron chi connectivity index (χ4n) is 1.88. The molecule has 1 heterocycles. The van der Waals surface area contributed by atoms with Crippen LogP contribution in [0, 0.1) is 0 Å². The molecule has 6 heteroatoms. The maximum Gasteiger partial charge on any atom is 0.416 e. The van der Waals surface area contributed by atoms with Gasteiger partial charge in [-0.2, -0.15) is 13.2 Å². The summed E-state index contributed by atoms with van der Waals surface area (Å²) in [5.41, 5.74) is -0.122. The Hall–Kier alpha value is -2.37. The molecule has 0 fully saturated rings. The van der Waals surface area contributed by atoms with Crippen molar-refractivity contribution in [3.05, 3.63) is 53.7 Å². The van der Waals surface area contributed by atoms with Crippen molar-refractivity contribution in [3.63, 3.8) is 0 Å². The van der Waals surface area contributed by atoms with Crippen molar-refractivity contribution in [3.8, 4) is 11.3 Å². The molecule has 2 aromatic rings. The van der Waals surface area contributed by atoms with Crippen molar-refractivity contribution in [2.24, 2.45) is 0 Å². The minimum atomic E-state index is -4.47. The van der Waals surface area contributed by atoms with Gasteiger partial charge >= 0.3 is 6.18 Å². The van der Waals surface area contributed by atoms with Crippen molar-refractivity contribution in [1.29, 1.82) is 0 Å². The molecule has 1 aromatic carbocycles. The summed E-state index contributed by atoms with van der Waals surface area (Å²) in [6.07, 6.45) is -3.00. The molecule has 0 aliphatic heterocycles. The Labute approximate surface area is 120 Å². The van der Waals surface area contributed by atoms with Crippen LogP contribution in [0.4, 0.5) is 13.2 Å². The summed E-state index contributed by atoms with van der Waals surface area (Å²) in [5.74, 6) is -0.371. The highest BCUT2D eigenvalue weighted by molar-refractivity contribution is 6.00. The minimum Gasteiger partial charge on any atom is -0.345 e. The van der Waals surface area contributed by atoms with E-state index in [-0.39, 0.29) is 17.0 Å². The smallest absolute Gasteiger partial charge is 0.345 e. The standard InChI is InChI=1S/C15H13F3N2O/c1-20(2)14(21)11-7-6-10(15(16,17)18)9-12(11)13-5-3-4-8-19-13/h3-9H,1-2H3. The van der Waals surface area contributed by atoms with E-state index in [4.69, 9.17) is 0 Å². The zero-order chi connectivity index (χ0) is 15.6. The highest BCUT2D eigenvalue weighted by atomic mass is 19.4. The summed E-state index contributed by atoms with van der Waals surface area (Å²) < 4.78 is 38.6. The van der Waals surface area contributed by atoms with Gasteiger partial charge in [0.2, 0.25) is 0 Å². The van der Waals surface area contributed by atoms with Crippen LogP contribution in [0.25, 0.3) is 11.3 Å². The third kappa shape index (κ3) is 3.21. The van der Waals surface area contributed by atoms with Crippen LogP contribution in [0.15, 0.2) is 42.6 Å². The molecule has 2 rings (SSSR count). The first-order valence-electron chi connectivity index (χ1n) is 6.15. The second-order valence-electron chi connectivity index (χ2n) is 4.67. The minimum absolute atomic E-state index is 0.170. The first kappa shape index (κ1) is 15.0.